The number of hydrogen-bond donors (Lipinski definition) is 1. The molecule has 4 rings (SSSR count). The van der Waals surface area contributed by atoms with Crippen molar-refractivity contribution in [3.05, 3.63) is 107 Å². The maximum atomic E-state index is 13.3. The Morgan fingerprint density at radius 1 is 1.00 bits per heavy atom. The number of halogens is 2. The van der Waals surface area contributed by atoms with E-state index in [2.05, 4.69) is 26.1 Å². The molecule has 0 fully saturated rings. The zero-order valence-corrected chi connectivity index (χ0v) is 21.9. The zero-order chi connectivity index (χ0) is 26.7. The molecule has 0 aliphatic heterocycles. The van der Waals surface area contributed by atoms with E-state index in [1.54, 1.807) is 53.0 Å². The number of nitrogens with zero attached hydrogens (tertiary/aromatic N) is 3. The van der Waals surface area contributed by atoms with Gasteiger partial charge in [-0.3, -0.25) is 14.5 Å². The Kier molecular flexibility index (Phi) is 7.45. The van der Waals surface area contributed by atoms with Gasteiger partial charge in [0.2, 0.25) is 5.91 Å². The number of anilines is 2. The molecule has 0 atom stereocenters. The Bertz CT molecular complexity index is 1420. The molecule has 190 valence electrons. The van der Waals surface area contributed by atoms with E-state index < -0.39 is 0 Å². The highest BCUT2D eigenvalue weighted by Crippen LogP contribution is 2.29. The molecule has 4 aromatic rings. The van der Waals surface area contributed by atoms with Gasteiger partial charge in [-0.2, -0.15) is 5.10 Å². The van der Waals surface area contributed by atoms with Crippen molar-refractivity contribution in [3.63, 3.8) is 0 Å². The molecule has 0 aliphatic carbocycles. The minimum absolute atomic E-state index is 0.132. The summed E-state index contributed by atoms with van der Waals surface area (Å²) in [5.74, 6) is -0.191. The van der Waals surface area contributed by atoms with Crippen LogP contribution in [0, 0.1) is 5.82 Å². The van der Waals surface area contributed by atoms with Crippen LogP contribution in [0.5, 0.6) is 0 Å². The lowest BCUT2D eigenvalue weighted by molar-refractivity contribution is -0.117. The van der Waals surface area contributed by atoms with E-state index in [0.717, 1.165) is 16.9 Å². The quantitative estimate of drug-likeness (QED) is 0.320. The van der Waals surface area contributed by atoms with E-state index in [1.165, 1.54) is 24.3 Å². The first-order valence-corrected chi connectivity index (χ1v) is 12.2. The van der Waals surface area contributed by atoms with Crippen LogP contribution in [0.3, 0.4) is 0 Å². The highest BCUT2D eigenvalue weighted by atomic mass is 35.5. The summed E-state index contributed by atoms with van der Waals surface area (Å²) < 4.78 is 14.8. The van der Waals surface area contributed by atoms with Gasteiger partial charge in [-0.15, -0.1) is 0 Å². The van der Waals surface area contributed by atoms with E-state index in [4.69, 9.17) is 16.7 Å². The van der Waals surface area contributed by atoms with Crippen LogP contribution in [0.4, 0.5) is 15.9 Å². The molecule has 3 aromatic carbocycles. The number of hydrogen-bond acceptors (Lipinski definition) is 3. The molecule has 6 nitrogen and oxygen atoms in total. The molecule has 0 spiro atoms. The number of amides is 2. The number of carbonyl (C=O) groups excluding carboxylic acids is 2. The van der Waals surface area contributed by atoms with Crippen molar-refractivity contribution in [2.24, 2.45) is 0 Å². The number of aromatic nitrogens is 2. The topological polar surface area (TPSA) is 67.2 Å². The van der Waals surface area contributed by atoms with Crippen LogP contribution in [0.1, 0.15) is 42.4 Å². The Morgan fingerprint density at radius 3 is 2.30 bits per heavy atom. The largest absolute Gasteiger partial charge is 0.322 e. The average Bonchev–Trinajstić information content (AvgIpc) is 3.32. The van der Waals surface area contributed by atoms with Gasteiger partial charge in [-0.05, 0) is 60.2 Å². The third kappa shape index (κ3) is 6.24. The maximum Gasteiger partial charge on any atom is 0.255 e. The van der Waals surface area contributed by atoms with Crippen LogP contribution < -0.4 is 10.2 Å². The van der Waals surface area contributed by atoms with E-state index in [-0.39, 0.29) is 29.5 Å². The Balaban J connectivity index is 1.51. The van der Waals surface area contributed by atoms with Crippen molar-refractivity contribution in [2.75, 3.05) is 17.3 Å². The van der Waals surface area contributed by atoms with Crippen LogP contribution in [0.25, 0.3) is 5.69 Å². The molecule has 2 amide bonds. The van der Waals surface area contributed by atoms with E-state index in [9.17, 15) is 14.0 Å². The predicted molar refractivity (Wildman–Crippen MR) is 145 cm³/mol. The summed E-state index contributed by atoms with van der Waals surface area (Å²) >= 11 is 6.21. The molecule has 1 aromatic heterocycles. The monoisotopic (exact) mass is 518 g/mol. The standard InChI is InChI=1S/C29H28ClFN4O2/c1-29(2,3)25-18-26(35(33-25)24-7-5-6-21(30)17-24)34(4)27(36)16-19-8-10-20(11-9-19)28(37)32-23-14-12-22(31)13-15-23/h5-15,17-18H,16H2,1-4H3,(H,32,37). The summed E-state index contributed by atoms with van der Waals surface area (Å²) in [6, 6.07) is 21.6. The van der Waals surface area contributed by atoms with E-state index >= 15 is 0 Å². The summed E-state index contributed by atoms with van der Waals surface area (Å²) in [4.78, 5) is 27.3. The minimum atomic E-state index is -0.373. The van der Waals surface area contributed by atoms with Crippen LogP contribution in [0.15, 0.2) is 78.9 Å². The fourth-order valence-corrected chi connectivity index (χ4v) is 3.89. The number of nitrogens with one attached hydrogen (secondary N) is 1. The van der Waals surface area contributed by atoms with E-state index in [0.29, 0.717) is 22.1 Å². The summed E-state index contributed by atoms with van der Waals surface area (Å²) in [7, 11) is 1.72. The normalized spacial score (nSPS) is 11.3. The predicted octanol–water partition coefficient (Wildman–Crippen LogP) is 6.42. The van der Waals surface area contributed by atoms with Crippen molar-refractivity contribution in [1.29, 1.82) is 0 Å². The molecular weight excluding hydrogens is 491 g/mol. The maximum absolute atomic E-state index is 13.3. The van der Waals surface area contributed by atoms with Crippen molar-refractivity contribution in [3.8, 4) is 5.69 Å². The van der Waals surface area contributed by atoms with Gasteiger partial charge in [-0.25, -0.2) is 9.07 Å². The Morgan fingerprint density at radius 2 is 1.68 bits per heavy atom. The molecule has 1 N–H and O–H groups in total. The first-order chi connectivity index (χ1) is 17.5. The summed E-state index contributed by atoms with van der Waals surface area (Å²) in [6.45, 7) is 6.20. The number of rotatable bonds is 6. The first kappa shape index (κ1) is 26.1. The minimum Gasteiger partial charge on any atom is -0.322 e. The van der Waals surface area contributed by atoms with Crippen molar-refractivity contribution in [1.82, 2.24) is 9.78 Å². The molecule has 0 unspecified atom stereocenters. The lowest BCUT2D eigenvalue weighted by atomic mass is 9.92. The summed E-state index contributed by atoms with van der Waals surface area (Å²) in [6.07, 6.45) is 0.141. The molecule has 0 saturated carbocycles. The molecule has 0 radical (unpaired) electrons. The third-order valence-electron chi connectivity index (χ3n) is 5.90. The molecule has 0 aliphatic rings. The second-order valence-electron chi connectivity index (χ2n) is 9.82. The SMILES string of the molecule is CN(C(=O)Cc1ccc(C(=O)Nc2ccc(F)cc2)cc1)c1cc(C(C)(C)C)nn1-c1cccc(Cl)c1. The van der Waals surface area contributed by atoms with Gasteiger partial charge < -0.3 is 5.32 Å². The van der Waals surface area contributed by atoms with Crippen molar-refractivity contribution < 1.29 is 14.0 Å². The molecule has 1 heterocycles. The third-order valence-corrected chi connectivity index (χ3v) is 6.14. The molecule has 0 bridgehead atoms. The fourth-order valence-electron chi connectivity index (χ4n) is 3.71. The van der Waals surface area contributed by atoms with Crippen molar-refractivity contribution in [2.45, 2.75) is 32.6 Å². The summed E-state index contributed by atoms with van der Waals surface area (Å²) in [5.41, 5.74) is 3.08. The first-order valence-electron chi connectivity index (χ1n) is 11.8. The smallest absolute Gasteiger partial charge is 0.255 e. The van der Waals surface area contributed by atoms with Gasteiger partial charge in [0.1, 0.15) is 11.6 Å². The van der Waals surface area contributed by atoms with Crippen LogP contribution in [-0.4, -0.2) is 28.6 Å². The van der Waals surface area contributed by atoms with Gasteiger partial charge in [0.05, 0.1) is 17.8 Å². The van der Waals surface area contributed by atoms with Crippen molar-refractivity contribution >= 4 is 34.9 Å². The molecular formula is C29H28ClFN4O2. The summed E-state index contributed by atoms with van der Waals surface area (Å²) in [5, 5.41) is 8.08. The Hall–Kier alpha value is -3.97. The van der Waals surface area contributed by atoms with Gasteiger partial charge >= 0.3 is 0 Å². The second kappa shape index (κ2) is 10.6. The number of carbonyl (C=O) groups is 2. The van der Waals surface area contributed by atoms with Gasteiger partial charge in [-0.1, -0.05) is 50.6 Å². The highest BCUT2D eigenvalue weighted by Gasteiger charge is 2.24. The fraction of sp³-hybridized carbons (Fsp3) is 0.207. The van der Waals surface area contributed by atoms with Crippen LogP contribution in [0.2, 0.25) is 5.02 Å². The second-order valence-corrected chi connectivity index (χ2v) is 10.3. The lowest BCUT2D eigenvalue weighted by Crippen LogP contribution is -2.29. The van der Waals surface area contributed by atoms with Gasteiger partial charge in [0.25, 0.3) is 5.91 Å². The van der Waals surface area contributed by atoms with Crippen LogP contribution >= 0.6 is 11.6 Å². The molecule has 37 heavy (non-hydrogen) atoms. The number of benzene rings is 3. The van der Waals surface area contributed by atoms with E-state index in [1.807, 2.05) is 18.2 Å². The average molecular weight is 519 g/mol. The molecule has 8 heteroatoms. The van der Waals surface area contributed by atoms with Crippen LogP contribution in [-0.2, 0) is 16.6 Å². The number of likely N-dealkylation sites (N-methyl/N-ethyl adjacent to an activating group) is 1. The highest BCUT2D eigenvalue weighted by molar-refractivity contribution is 6.30. The molecule has 0 saturated heterocycles. The van der Waals surface area contributed by atoms with Gasteiger partial charge in [0, 0.05) is 34.8 Å². The Labute approximate surface area is 220 Å². The lowest BCUT2D eigenvalue weighted by Gasteiger charge is -2.19. The van der Waals surface area contributed by atoms with Gasteiger partial charge in [0.15, 0.2) is 0 Å². The zero-order valence-electron chi connectivity index (χ0n) is 21.1.